The molecule has 0 aromatic heterocycles. The molecule has 0 saturated heterocycles. The summed E-state index contributed by atoms with van der Waals surface area (Å²) in [6.07, 6.45) is 0.382. The van der Waals surface area contributed by atoms with Crippen molar-refractivity contribution in [2.45, 2.75) is 19.3 Å². The first-order valence-corrected chi connectivity index (χ1v) is 4.72. The van der Waals surface area contributed by atoms with Gasteiger partial charge in [-0.25, -0.2) is 0 Å². The highest BCUT2D eigenvalue weighted by Gasteiger charge is 2.24. The van der Waals surface area contributed by atoms with Crippen molar-refractivity contribution in [2.24, 2.45) is 0 Å². The van der Waals surface area contributed by atoms with Crippen LogP contribution in [0.25, 0.3) is 0 Å². The molecule has 1 aliphatic rings. The average Bonchev–Trinajstić information content (AvgIpc) is 2.18. The summed E-state index contributed by atoms with van der Waals surface area (Å²) in [5.74, 6) is -0.0514. The quantitative estimate of drug-likeness (QED) is 0.705. The van der Waals surface area contributed by atoms with Gasteiger partial charge in [0, 0.05) is 18.0 Å². The maximum Gasteiger partial charge on any atom is 0.225 e. The van der Waals surface area contributed by atoms with Crippen molar-refractivity contribution < 1.29 is 9.90 Å². The lowest BCUT2D eigenvalue weighted by molar-refractivity contribution is -0.117. The molecule has 2 rings (SSSR count). The predicted molar refractivity (Wildman–Crippen MR) is 54.3 cm³/mol. The summed E-state index contributed by atoms with van der Waals surface area (Å²) in [5, 5.41) is 12.0. The zero-order chi connectivity index (χ0) is 10.1. The minimum Gasteiger partial charge on any atom is -0.396 e. The number of hydrogen-bond donors (Lipinski definition) is 2. The van der Waals surface area contributed by atoms with E-state index in [1.54, 1.807) is 0 Å². The summed E-state index contributed by atoms with van der Waals surface area (Å²) >= 11 is 0. The highest BCUT2D eigenvalue weighted by molar-refractivity contribution is 5.95. The molecule has 0 bridgehead atoms. The third-order valence-electron chi connectivity index (χ3n) is 2.66. The Morgan fingerprint density at radius 1 is 1.57 bits per heavy atom. The SMILES string of the molecule is Cc1cccc2c1NC(=O)CC2CO. The number of amides is 1. The van der Waals surface area contributed by atoms with Gasteiger partial charge in [0.15, 0.2) is 0 Å². The molecule has 1 heterocycles. The molecular formula is C11H13NO2. The Labute approximate surface area is 82.8 Å². The van der Waals surface area contributed by atoms with Gasteiger partial charge in [0.25, 0.3) is 0 Å². The Morgan fingerprint density at radius 2 is 2.36 bits per heavy atom. The van der Waals surface area contributed by atoms with Crippen LogP contribution in [0.2, 0.25) is 0 Å². The van der Waals surface area contributed by atoms with E-state index in [0.29, 0.717) is 6.42 Å². The van der Waals surface area contributed by atoms with Crippen molar-refractivity contribution in [3.63, 3.8) is 0 Å². The number of rotatable bonds is 1. The van der Waals surface area contributed by atoms with E-state index in [9.17, 15) is 4.79 Å². The number of carbonyl (C=O) groups excluding carboxylic acids is 1. The number of benzene rings is 1. The van der Waals surface area contributed by atoms with Crippen LogP contribution in [0.3, 0.4) is 0 Å². The lowest BCUT2D eigenvalue weighted by Crippen LogP contribution is -2.25. The largest absolute Gasteiger partial charge is 0.396 e. The van der Waals surface area contributed by atoms with Gasteiger partial charge in [-0.1, -0.05) is 18.2 Å². The molecule has 1 atom stereocenters. The standard InChI is InChI=1S/C11H13NO2/c1-7-3-2-4-9-8(6-13)5-10(14)12-11(7)9/h2-4,8,13H,5-6H2,1H3,(H,12,14). The van der Waals surface area contributed by atoms with E-state index in [1.165, 1.54) is 0 Å². The van der Waals surface area contributed by atoms with E-state index >= 15 is 0 Å². The summed E-state index contributed by atoms with van der Waals surface area (Å²) in [6, 6.07) is 5.87. The molecule has 0 aliphatic carbocycles. The molecule has 3 nitrogen and oxygen atoms in total. The maximum atomic E-state index is 11.3. The van der Waals surface area contributed by atoms with Crippen LogP contribution in [0.1, 0.15) is 23.5 Å². The van der Waals surface area contributed by atoms with E-state index in [-0.39, 0.29) is 18.4 Å². The molecule has 0 fully saturated rings. The highest BCUT2D eigenvalue weighted by atomic mass is 16.3. The molecule has 14 heavy (non-hydrogen) atoms. The van der Waals surface area contributed by atoms with E-state index in [4.69, 9.17) is 5.11 Å². The molecule has 2 N–H and O–H groups in total. The van der Waals surface area contributed by atoms with Gasteiger partial charge in [-0.3, -0.25) is 4.79 Å². The Bertz CT molecular complexity index is 374. The van der Waals surface area contributed by atoms with Crippen LogP contribution in [0.4, 0.5) is 5.69 Å². The molecular weight excluding hydrogens is 178 g/mol. The molecule has 3 heteroatoms. The number of carbonyl (C=O) groups is 1. The fraction of sp³-hybridized carbons (Fsp3) is 0.364. The maximum absolute atomic E-state index is 11.3. The molecule has 1 amide bonds. The second kappa shape index (κ2) is 3.42. The van der Waals surface area contributed by atoms with Crippen molar-refractivity contribution in [1.82, 2.24) is 0 Å². The van der Waals surface area contributed by atoms with Crippen LogP contribution >= 0.6 is 0 Å². The zero-order valence-corrected chi connectivity index (χ0v) is 8.08. The minimum absolute atomic E-state index is 0.00847. The van der Waals surface area contributed by atoms with Crippen molar-refractivity contribution in [1.29, 1.82) is 0 Å². The van der Waals surface area contributed by atoms with E-state index < -0.39 is 0 Å². The first-order chi connectivity index (χ1) is 6.72. The number of aliphatic hydroxyl groups excluding tert-OH is 1. The highest BCUT2D eigenvalue weighted by Crippen LogP contribution is 2.33. The van der Waals surface area contributed by atoms with Gasteiger partial charge < -0.3 is 10.4 Å². The van der Waals surface area contributed by atoms with Crippen molar-refractivity contribution >= 4 is 11.6 Å². The number of para-hydroxylation sites is 1. The third kappa shape index (κ3) is 1.40. The fourth-order valence-electron chi connectivity index (χ4n) is 1.89. The van der Waals surface area contributed by atoms with Crippen LogP contribution in [0.5, 0.6) is 0 Å². The van der Waals surface area contributed by atoms with E-state index in [2.05, 4.69) is 5.32 Å². The number of aliphatic hydroxyl groups is 1. The monoisotopic (exact) mass is 191 g/mol. The smallest absolute Gasteiger partial charge is 0.225 e. The average molecular weight is 191 g/mol. The van der Waals surface area contributed by atoms with Crippen LogP contribution in [-0.2, 0) is 4.79 Å². The summed E-state index contributed by atoms with van der Waals surface area (Å²) in [5.41, 5.74) is 2.98. The van der Waals surface area contributed by atoms with Crippen LogP contribution in [-0.4, -0.2) is 17.6 Å². The summed E-state index contributed by atoms with van der Waals surface area (Å²) < 4.78 is 0. The van der Waals surface area contributed by atoms with Gasteiger partial charge in [0.05, 0.1) is 6.61 Å². The van der Waals surface area contributed by atoms with Gasteiger partial charge in [0.1, 0.15) is 0 Å². The second-order valence-electron chi connectivity index (χ2n) is 3.67. The second-order valence-corrected chi connectivity index (χ2v) is 3.67. The molecule has 1 aromatic rings. The molecule has 0 saturated carbocycles. The van der Waals surface area contributed by atoms with Gasteiger partial charge in [-0.2, -0.15) is 0 Å². The normalized spacial score (nSPS) is 20.1. The predicted octanol–water partition coefficient (Wildman–Crippen LogP) is 1.41. The molecule has 1 aromatic carbocycles. The topological polar surface area (TPSA) is 49.3 Å². The summed E-state index contributed by atoms with van der Waals surface area (Å²) in [6.45, 7) is 1.99. The summed E-state index contributed by atoms with van der Waals surface area (Å²) in [4.78, 5) is 11.3. The zero-order valence-electron chi connectivity index (χ0n) is 8.08. The van der Waals surface area contributed by atoms with Crippen LogP contribution in [0.15, 0.2) is 18.2 Å². The first kappa shape index (κ1) is 9.21. The van der Waals surface area contributed by atoms with E-state index in [0.717, 1.165) is 16.8 Å². The minimum atomic E-state index is -0.0429. The third-order valence-corrected chi connectivity index (χ3v) is 2.66. The van der Waals surface area contributed by atoms with E-state index in [1.807, 2.05) is 25.1 Å². The van der Waals surface area contributed by atoms with Crippen LogP contribution in [0, 0.1) is 6.92 Å². The molecule has 1 aliphatic heterocycles. The first-order valence-electron chi connectivity index (χ1n) is 4.72. The Kier molecular flexibility index (Phi) is 2.25. The van der Waals surface area contributed by atoms with Crippen LogP contribution < -0.4 is 5.32 Å². The number of anilines is 1. The Hall–Kier alpha value is -1.35. The number of hydrogen-bond acceptors (Lipinski definition) is 2. The number of aryl methyl sites for hydroxylation is 1. The van der Waals surface area contributed by atoms with Gasteiger partial charge in [0.2, 0.25) is 5.91 Å². The molecule has 1 unspecified atom stereocenters. The number of fused-ring (bicyclic) bond motifs is 1. The van der Waals surface area contributed by atoms with Gasteiger partial charge in [-0.05, 0) is 18.1 Å². The van der Waals surface area contributed by atoms with Gasteiger partial charge in [-0.15, -0.1) is 0 Å². The van der Waals surface area contributed by atoms with Crippen molar-refractivity contribution in [2.75, 3.05) is 11.9 Å². The lowest BCUT2D eigenvalue weighted by Gasteiger charge is -2.25. The Balaban J connectivity index is 2.50. The molecule has 0 radical (unpaired) electrons. The molecule has 0 spiro atoms. The fourth-order valence-corrected chi connectivity index (χ4v) is 1.89. The van der Waals surface area contributed by atoms with Crippen molar-refractivity contribution in [3.8, 4) is 0 Å². The molecule has 74 valence electrons. The van der Waals surface area contributed by atoms with Crippen molar-refractivity contribution in [3.05, 3.63) is 29.3 Å². The number of nitrogens with one attached hydrogen (secondary N) is 1. The Morgan fingerprint density at radius 3 is 3.07 bits per heavy atom. The van der Waals surface area contributed by atoms with Gasteiger partial charge >= 0.3 is 0 Å². The summed E-state index contributed by atoms with van der Waals surface area (Å²) in [7, 11) is 0. The lowest BCUT2D eigenvalue weighted by atomic mass is 9.89.